The molecule has 4 nitrogen and oxygen atoms in total. The zero-order valence-corrected chi connectivity index (χ0v) is 16.3. The lowest BCUT2D eigenvalue weighted by molar-refractivity contribution is 0.281. The number of nitrogens with one attached hydrogen (secondary N) is 2. The molecule has 27 heavy (non-hydrogen) atoms. The van der Waals surface area contributed by atoms with Gasteiger partial charge in [-0.05, 0) is 30.3 Å². The van der Waals surface area contributed by atoms with Crippen LogP contribution in [-0.2, 0) is 13.2 Å². The Morgan fingerprint density at radius 2 is 1.56 bits per heavy atom. The third kappa shape index (κ3) is 5.07. The van der Waals surface area contributed by atoms with Crippen LogP contribution in [0.3, 0.4) is 0 Å². The molecule has 0 spiro atoms. The van der Waals surface area contributed by atoms with Crippen LogP contribution in [-0.4, -0.2) is 7.11 Å². The van der Waals surface area contributed by atoms with Crippen molar-refractivity contribution in [3.05, 3.63) is 87.9 Å². The zero-order valence-electron chi connectivity index (χ0n) is 14.8. The molecule has 0 atom stereocenters. The van der Waals surface area contributed by atoms with Crippen LogP contribution in [0.4, 0.5) is 5.69 Å². The second kappa shape index (κ2) is 9.51. The highest BCUT2D eigenvalue weighted by Gasteiger charge is 2.13. The van der Waals surface area contributed by atoms with Crippen LogP contribution in [0.15, 0.2) is 66.7 Å². The number of hydrazine groups is 1. The van der Waals surface area contributed by atoms with Gasteiger partial charge in [-0.15, -0.1) is 0 Å². The van der Waals surface area contributed by atoms with Crippen LogP contribution in [0, 0.1) is 0 Å². The molecule has 0 aliphatic heterocycles. The minimum Gasteiger partial charge on any atom is -0.493 e. The second-order valence-electron chi connectivity index (χ2n) is 5.78. The fourth-order valence-corrected chi connectivity index (χ4v) is 3.11. The fourth-order valence-electron chi connectivity index (χ4n) is 2.60. The van der Waals surface area contributed by atoms with Crippen molar-refractivity contribution in [1.82, 2.24) is 5.43 Å². The van der Waals surface area contributed by atoms with Crippen LogP contribution < -0.4 is 20.3 Å². The van der Waals surface area contributed by atoms with Gasteiger partial charge in [-0.2, -0.15) is 0 Å². The highest BCUT2D eigenvalue weighted by Crippen LogP contribution is 2.33. The largest absolute Gasteiger partial charge is 0.493 e. The van der Waals surface area contributed by atoms with Gasteiger partial charge in [0.25, 0.3) is 0 Å². The minimum atomic E-state index is 0.248. The predicted molar refractivity (Wildman–Crippen MR) is 111 cm³/mol. The van der Waals surface area contributed by atoms with Crippen LogP contribution in [0.2, 0.25) is 10.0 Å². The van der Waals surface area contributed by atoms with Gasteiger partial charge in [-0.1, -0.05) is 59.6 Å². The van der Waals surface area contributed by atoms with Gasteiger partial charge in [-0.3, -0.25) is 0 Å². The third-order valence-electron chi connectivity index (χ3n) is 3.99. The summed E-state index contributed by atoms with van der Waals surface area (Å²) in [5, 5.41) is 1.14. The smallest absolute Gasteiger partial charge is 0.166 e. The van der Waals surface area contributed by atoms with Crippen molar-refractivity contribution in [2.24, 2.45) is 0 Å². The summed E-state index contributed by atoms with van der Waals surface area (Å²) in [6, 6.07) is 21.0. The maximum absolute atomic E-state index is 6.24. The van der Waals surface area contributed by atoms with E-state index in [0.717, 1.165) is 16.8 Å². The molecule has 2 N–H and O–H groups in total. The topological polar surface area (TPSA) is 42.5 Å². The van der Waals surface area contributed by atoms with Gasteiger partial charge in [0, 0.05) is 33.4 Å². The van der Waals surface area contributed by atoms with Gasteiger partial charge >= 0.3 is 0 Å². The minimum absolute atomic E-state index is 0.248. The van der Waals surface area contributed by atoms with E-state index in [9.17, 15) is 0 Å². The average Bonchev–Trinajstić information content (AvgIpc) is 2.69. The summed E-state index contributed by atoms with van der Waals surface area (Å²) < 4.78 is 11.5. The van der Waals surface area contributed by atoms with Crippen molar-refractivity contribution in [2.45, 2.75) is 13.2 Å². The van der Waals surface area contributed by atoms with Crippen molar-refractivity contribution in [1.29, 1.82) is 0 Å². The van der Waals surface area contributed by atoms with E-state index in [-0.39, 0.29) is 6.61 Å². The van der Waals surface area contributed by atoms with E-state index >= 15 is 0 Å². The van der Waals surface area contributed by atoms with E-state index in [0.29, 0.717) is 28.1 Å². The first kappa shape index (κ1) is 19.4. The molecule has 0 heterocycles. The molecule has 140 valence electrons. The highest BCUT2D eigenvalue weighted by molar-refractivity contribution is 6.35. The lowest BCUT2D eigenvalue weighted by Crippen LogP contribution is -2.21. The predicted octanol–water partition coefficient (Wildman–Crippen LogP) is 5.70. The maximum atomic E-state index is 6.24. The molecule has 3 aromatic carbocycles. The lowest BCUT2D eigenvalue weighted by atomic mass is 10.2. The molecule has 0 aliphatic rings. The number of para-hydroxylation sites is 2. The summed E-state index contributed by atoms with van der Waals surface area (Å²) in [7, 11) is 1.62. The van der Waals surface area contributed by atoms with E-state index in [1.165, 1.54) is 0 Å². The number of hydrogen-bond acceptors (Lipinski definition) is 4. The highest BCUT2D eigenvalue weighted by atomic mass is 35.5. The molecule has 0 unspecified atom stereocenters. The molecular weight excluding hydrogens is 383 g/mol. The third-order valence-corrected chi connectivity index (χ3v) is 4.70. The SMILES string of the molecule is COc1cccc(CNNc2ccccc2)c1OCc1c(Cl)cccc1Cl. The van der Waals surface area contributed by atoms with Crippen molar-refractivity contribution in [3.8, 4) is 11.5 Å². The Morgan fingerprint density at radius 1 is 0.852 bits per heavy atom. The summed E-state index contributed by atoms with van der Waals surface area (Å²) in [5.74, 6) is 1.30. The van der Waals surface area contributed by atoms with Gasteiger partial charge < -0.3 is 14.9 Å². The Balaban J connectivity index is 1.73. The second-order valence-corrected chi connectivity index (χ2v) is 6.60. The Morgan fingerprint density at radius 3 is 2.26 bits per heavy atom. The van der Waals surface area contributed by atoms with Crippen LogP contribution in [0.1, 0.15) is 11.1 Å². The first-order valence-electron chi connectivity index (χ1n) is 8.44. The van der Waals surface area contributed by atoms with Gasteiger partial charge in [0.2, 0.25) is 0 Å². The molecule has 0 amide bonds. The molecule has 3 aromatic rings. The first-order valence-corrected chi connectivity index (χ1v) is 9.20. The summed E-state index contributed by atoms with van der Waals surface area (Å²) in [6.07, 6.45) is 0. The van der Waals surface area contributed by atoms with E-state index < -0.39 is 0 Å². The van der Waals surface area contributed by atoms with Crippen molar-refractivity contribution in [2.75, 3.05) is 12.5 Å². The molecule has 0 aliphatic carbocycles. The normalized spacial score (nSPS) is 10.5. The van der Waals surface area contributed by atoms with Crippen LogP contribution in [0.25, 0.3) is 0 Å². The molecular formula is C21H20Cl2N2O2. The molecule has 0 saturated carbocycles. The number of benzene rings is 3. The summed E-state index contributed by atoms with van der Waals surface area (Å²) in [4.78, 5) is 0. The molecule has 0 radical (unpaired) electrons. The van der Waals surface area contributed by atoms with Gasteiger partial charge in [0.15, 0.2) is 11.5 Å². The average molecular weight is 403 g/mol. The number of methoxy groups -OCH3 is 1. The summed E-state index contributed by atoms with van der Waals surface area (Å²) in [5.41, 5.74) is 9.02. The molecule has 0 fully saturated rings. The van der Waals surface area contributed by atoms with Crippen molar-refractivity contribution >= 4 is 28.9 Å². The number of anilines is 1. The molecule has 6 heteroatoms. The Labute approximate surface area is 169 Å². The molecule has 0 aromatic heterocycles. The van der Waals surface area contributed by atoms with Crippen LogP contribution in [0.5, 0.6) is 11.5 Å². The van der Waals surface area contributed by atoms with E-state index in [1.54, 1.807) is 19.2 Å². The first-order chi connectivity index (χ1) is 13.2. The Bertz CT molecular complexity index is 868. The monoisotopic (exact) mass is 402 g/mol. The summed E-state index contributed by atoms with van der Waals surface area (Å²) in [6.45, 7) is 0.787. The standard InChI is InChI=1S/C21H20Cl2N2O2/c1-26-20-12-5-7-15(13-24-25-16-8-3-2-4-9-16)21(20)27-14-17-18(22)10-6-11-19(17)23/h2-12,24-25H,13-14H2,1H3. The molecule has 3 rings (SSSR count). The zero-order chi connectivity index (χ0) is 19.1. The van der Waals surface area contributed by atoms with Gasteiger partial charge in [-0.25, -0.2) is 5.43 Å². The lowest BCUT2D eigenvalue weighted by Gasteiger charge is -2.17. The van der Waals surface area contributed by atoms with E-state index in [4.69, 9.17) is 32.7 Å². The number of hydrogen-bond donors (Lipinski definition) is 2. The number of halogens is 2. The maximum Gasteiger partial charge on any atom is 0.166 e. The Kier molecular flexibility index (Phi) is 6.82. The van der Waals surface area contributed by atoms with Crippen molar-refractivity contribution < 1.29 is 9.47 Å². The molecule has 0 saturated heterocycles. The van der Waals surface area contributed by atoms with Gasteiger partial charge in [0.05, 0.1) is 7.11 Å². The van der Waals surface area contributed by atoms with E-state index in [2.05, 4.69) is 10.9 Å². The molecule has 0 bridgehead atoms. The van der Waals surface area contributed by atoms with Crippen LogP contribution >= 0.6 is 23.2 Å². The van der Waals surface area contributed by atoms with Crippen molar-refractivity contribution in [3.63, 3.8) is 0 Å². The summed E-state index contributed by atoms with van der Waals surface area (Å²) >= 11 is 12.5. The number of rotatable bonds is 8. The van der Waals surface area contributed by atoms with Gasteiger partial charge in [0.1, 0.15) is 6.61 Å². The quantitative estimate of drug-likeness (QED) is 0.474. The Hall–Kier alpha value is -2.40. The fraction of sp³-hybridized carbons (Fsp3) is 0.143. The number of ether oxygens (including phenoxy) is 2. The van der Waals surface area contributed by atoms with E-state index in [1.807, 2.05) is 54.6 Å².